The third-order valence-electron chi connectivity index (χ3n) is 3.43. The highest BCUT2D eigenvalue weighted by Gasteiger charge is 2.11. The highest BCUT2D eigenvalue weighted by molar-refractivity contribution is 7.09. The topological polar surface area (TPSA) is 50.4 Å². The van der Waals surface area contributed by atoms with Gasteiger partial charge in [0, 0.05) is 23.9 Å². The molecule has 0 aromatic carbocycles. The summed E-state index contributed by atoms with van der Waals surface area (Å²) in [4.78, 5) is 5.79. The van der Waals surface area contributed by atoms with Gasteiger partial charge >= 0.3 is 0 Å². The molecule has 100 valence electrons. The molecule has 0 spiro atoms. The minimum absolute atomic E-state index is 0.540. The summed E-state index contributed by atoms with van der Waals surface area (Å²) in [5.74, 6) is 0.624. The van der Waals surface area contributed by atoms with E-state index in [1.165, 1.54) is 43.4 Å². The van der Waals surface area contributed by atoms with E-state index in [1.54, 1.807) is 11.3 Å². The van der Waals surface area contributed by atoms with Crippen molar-refractivity contribution in [1.82, 2.24) is 5.32 Å². The lowest BCUT2D eigenvalue weighted by atomic mass is 10.1. The molecule has 1 fully saturated rings. The van der Waals surface area contributed by atoms with Gasteiger partial charge < -0.3 is 11.1 Å². The van der Waals surface area contributed by atoms with Crippen molar-refractivity contribution in [2.45, 2.75) is 51.0 Å². The highest BCUT2D eigenvalue weighted by atomic mass is 32.1. The zero-order valence-corrected chi connectivity index (χ0v) is 11.7. The van der Waals surface area contributed by atoms with Crippen LogP contribution in [-0.2, 0) is 6.42 Å². The molecule has 2 rings (SSSR count). The monoisotopic (exact) mass is 265 g/mol. The Hall–Kier alpha value is -1.03. The first-order chi connectivity index (χ1) is 8.84. The van der Waals surface area contributed by atoms with Gasteiger partial charge in [-0.2, -0.15) is 0 Å². The highest BCUT2D eigenvalue weighted by Crippen LogP contribution is 2.16. The van der Waals surface area contributed by atoms with Gasteiger partial charge in [0.25, 0.3) is 0 Å². The van der Waals surface area contributed by atoms with E-state index in [-0.39, 0.29) is 0 Å². The second kappa shape index (κ2) is 7.41. The van der Waals surface area contributed by atoms with Gasteiger partial charge in [0.1, 0.15) is 0 Å². The van der Waals surface area contributed by atoms with E-state index in [1.807, 2.05) is 0 Å². The van der Waals surface area contributed by atoms with E-state index >= 15 is 0 Å². The zero-order chi connectivity index (χ0) is 12.6. The van der Waals surface area contributed by atoms with Crippen molar-refractivity contribution in [3.8, 4) is 0 Å². The molecule has 0 bridgehead atoms. The van der Waals surface area contributed by atoms with Gasteiger partial charge in [-0.3, -0.25) is 4.99 Å². The van der Waals surface area contributed by atoms with E-state index in [0.717, 1.165) is 13.0 Å². The maximum atomic E-state index is 5.94. The Morgan fingerprint density at radius 3 is 2.78 bits per heavy atom. The van der Waals surface area contributed by atoms with Crippen molar-refractivity contribution in [1.29, 1.82) is 0 Å². The minimum atomic E-state index is 0.540. The summed E-state index contributed by atoms with van der Waals surface area (Å²) in [7, 11) is 0. The van der Waals surface area contributed by atoms with Crippen LogP contribution >= 0.6 is 11.3 Å². The van der Waals surface area contributed by atoms with Crippen LogP contribution < -0.4 is 11.1 Å². The number of hydrogen-bond acceptors (Lipinski definition) is 2. The summed E-state index contributed by atoms with van der Waals surface area (Å²) in [5, 5.41) is 5.47. The van der Waals surface area contributed by atoms with Crippen molar-refractivity contribution >= 4 is 17.3 Å². The first-order valence-electron chi connectivity index (χ1n) is 6.93. The van der Waals surface area contributed by atoms with Gasteiger partial charge in [-0.25, -0.2) is 0 Å². The SMILES string of the molecule is NC(=NCCc1cccs1)NC1CCCCCC1. The zero-order valence-electron chi connectivity index (χ0n) is 10.9. The second-order valence-electron chi connectivity index (χ2n) is 4.93. The number of rotatable bonds is 4. The number of aliphatic imine (C=N–C) groups is 1. The Morgan fingerprint density at radius 2 is 2.11 bits per heavy atom. The first kappa shape index (κ1) is 13.4. The molecule has 1 aliphatic carbocycles. The molecular weight excluding hydrogens is 242 g/mol. The predicted octanol–water partition coefficient (Wildman–Crippen LogP) is 2.92. The van der Waals surface area contributed by atoms with Crippen LogP contribution in [0.2, 0.25) is 0 Å². The van der Waals surface area contributed by atoms with Gasteiger partial charge in [-0.05, 0) is 24.3 Å². The van der Waals surface area contributed by atoms with Crippen molar-refractivity contribution < 1.29 is 0 Å². The van der Waals surface area contributed by atoms with E-state index in [2.05, 4.69) is 27.8 Å². The molecule has 1 aliphatic rings. The number of nitrogens with zero attached hydrogens (tertiary/aromatic N) is 1. The molecule has 0 unspecified atom stereocenters. The fourth-order valence-electron chi connectivity index (χ4n) is 2.42. The molecule has 4 heteroatoms. The Bertz CT molecular complexity index is 351. The van der Waals surface area contributed by atoms with E-state index in [0.29, 0.717) is 12.0 Å². The molecule has 1 heterocycles. The predicted molar refractivity (Wildman–Crippen MR) is 79.1 cm³/mol. The van der Waals surface area contributed by atoms with E-state index < -0.39 is 0 Å². The molecule has 3 N–H and O–H groups in total. The van der Waals surface area contributed by atoms with Gasteiger partial charge in [0.05, 0.1) is 0 Å². The normalized spacial score (nSPS) is 18.6. The average Bonchev–Trinajstić information content (AvgIpc) is 2.74. The molecule has 0 saturated heterocycles. The van der Waals surface area contributed by atoms with Crippen LogP contribution in [0.15, 0.2) is 22.5 Å². The summed E-state index contributed by atoms with van der Waals surface area (Å²) < 4.78 is 0. The van der Waals surface area contributed by atoms with Crippen molar-refractivity contribution in [2.24, 2.45) is 10.7 Å². The molecular formula is C14H23N3S. The fraction of sp³-hybridized carbons (Fsp3) is 0.643. The average molecular weight is 265 g/mol. The van der Waals surface area contributed by atoms with Crippen LogP contribution in [0.3, 0.4) is 0 Å². The molecule has 0 aliphatic heterocycles. The Labute approximate surface area is 114 Å². The Kier molecular flexibility index (Phi) is 5.52. The summed E-state index contributed by atoms with van der Waals surface area (Å²) in [6.45, 7) is 0.784. The Balaban J connectivity index is 1.70. The third-order valence-corrected chi connectivity index (χ3v) is 4.36. The number of nitrogens with two attached hydrogens (primary N) is 1. The first-order valence-corrected chi connectivity index (χ1v) is 7.81. The van der Waals surface area contributed by atoms with Crippen LogP contribution in [0.25, 0.3) is 0 Å². The molecule has 1 saturated carbocycles. The van der Waals surface area contributed by atoms with Crippen molar-refractivity contribution in [2.75, 3.05) is 6.54 Å². The second-order valence-corrected chi connectivity index (χ2v) is 5.96. The largest absolute Gasteiger partial charge is 0.370 e. The van der Waals surface area contributed by atoms with Crippen LogP contribution in [0.5, 0.6) is 0 Å². The van der Waals surface area contributed by atoms with E-state index in [9.17, 15) is 0 Å². The maximum Gasteiger partial charge on any atom is 0.188 e. The van der Waals surface area contributed by atoms with Gasteiger partial charge in [-0.1, -0.05) is 31.7 Å². The van der Waals surface area contributed by atoms with Crippen LogP contribution in [0.1, 0.15) is 43.4 Å². The molecule has 3 nitrogen and oxygen atoms in total. The van der Waals surface area contributed by atoms with Crippen LogP contribution in [-0.4, -0.2) is 18.5 Å². The van der Waals surface area contributed by atoms with Gasteiger partial charge in [0.2, 0.25) is 0 Å². The molecule has 0 atom stereocenters. The maximum absolute atomic E-state index is 5.94. The van der Waals surface area contributed by atoms with Gasteiger partial charge in [0.15, 0.2) is 5.96 Å². The molecule has 0 amide bonds. The Morgan fingerprint density at radius 1 is 1.33 bits per heavy atom. The van der Waals surface area contributed by atoms with E-state index in [4.69, 9.17) is 5.73 Å². The van der Waals surface area contributed by atoms with Crippen LogP contribution in [0.4, 0.5) is 0 Å². The number of nitrogens with one attached hydrogen (secondary N) is 1. The molecule has 1 aromatic rings. The molecule has 0 radical (unpaired) electrons. The number of thiophene rings is 1. The van der Waals surface area contributed by atoms with Gasteiger partial charge in [-0.15, -0.1) is 11.3 Å². The lowest BCUT2D eigenvalue weighted by Gasteiger charge is -2.16. The quantitative estimate of drug-likeness (QED) is 0.499. The van der Waals surface area contributed by atoms with Crippen molar-refractivity contribution in [3.05, 3.63) is 22.4 Å². The summed E-state index contributed by atoms with van der Waals surface area (Å²) in [6, 6.07) is 4.77. The lowest BCUT2D eigenvalue weighted by molar-refractivity contribution is 0.530. The summed E-state index contributed by atoms with van der Waals surface area (Å²) in [6.07, 6.45) is 8.84. The van der Waals surface area contributed by atoms with Crippen molar-refractivity contribution in [3.63, 3.8) is 0 Å². The summed E-state index contributed by atoms with van der Waals surface area (Å²) in [5.41, 5.74) is 5.94. The summed E-state index contributed by atoms with van der Waals surface area (Å²) >= 11 is 1.78. The molecule has 18 heavy (non-hydrogen) atoms. The molecule has 1 aromatic heterocycles. The van der Waals surface area contributed by atoms with Crippen LogP contribution in [0, 0.1) is 0 Å². The minimum Gasteiger partial charge on any atom is -0.370 e. The fourth-order valence-corrected chi connectivity index (χ4v) is 3.12. The number of hydrogen-bond donors (Lipinski definition) is 2. The number of guanidine groups is 1. The lowest BCUT2D eigenvalue weighted by Crippen LogP contribution is -2.39. The smallest absolute Gasteiger partial charge is 0.188 e. The standard InChI is InChI=1S/C14H23N3S/c15-14(16-10-9-13-8-5-11-18-13)17-12-6-3-1-2-4-7-12/h5,8,11-12H,1-4,6-7,9-10H2,(H3,15,16,17). The third kappa shape index (κ3) is 4.69.